The van der Waals surface area contributed by atoms with Crippen molar-refractivity contribution in [2.45, 2.75) is 97.3 Å². The van der Waals surface area contributed by atoms with E-state index in [9.17, 15) is 9.90 Å². The Balaban J connectivity index is 1.77. The number of allylic oxidation sites excluding steroid dienone is 3. The topological polar surface area (TPSA) is 37.3 Å². The van der Waals surface area contributed by atoms with E-state index in [0.29, 0.717) is 5.57 Å². The summed E-state index contributed by atoms with van der Waals surface area (Å²) in [6, 6.07) is 0. The van der Waals surface area contributed by atoms with E-state index in [4.69, 9.17) is 0 Å². The molecule has 0 heterocycles. The first-order valence-corrected chi connectivity index (χ1v) is 11.3. The molecule has 0 amide bonds. The third-order valence-corrected chi connectivity index (χ3v) is 6.88. The van der Waals surface area contributed by atoms with Crippen LogP contribution in [0.1, 0.15) is 97.3 Å². The minimum Gasteiger partial charge on any atom is -0.478 e. The zero-order chi connectivity index (χ0) is 18.8. The van der Waals surface area contributed by atoms with Crippen LogP contribution in [0, 0.1) is 23.7 Å². The van der Waals surface area contributed by atoms with E-state index in [0.717, 1.165) is 37.0 Å². The van der Waals surface area contributed by atoms with Crippen LogP contribution >= 0.6 is 0 Å². The molecule has 0 aliphatic heterocycles. The quantitative estimate of drug-likeness (QED) is 0.269. The molecule has 0 saturated heterocycles. The molecule has 148 valence electrons. The normalized spacial score (nSPS) is 30.6. The van der Waals surface area contributed by atoms with Crippen LogP contribution in [0.2, 0.25) is 0 Å². The average Bonchev–Trinajstić information content (AvgIpc) is 2.66. The minimum absolute atomic E-state index is 0.260. The fraction of sp³-hybridized carbons (Fsp3) is 0.792. The Kier molecular flexibility index (Phi) is 9.50. The molecule has 0 bridgehead atoms. The molecule has 0 aromatic carbocycles. The van der Waals surface area contributed by atoms with Gasteiger partial charge < -0.3 is 5.11 Å². The molecule has 2 nitrogen and oxygen atoms in total. The SMILES string of the molecule is CCC=CC=C(C(=O)O)[C@H]1CC[C@H]([C@H]2CC[C@H](CCCCC)CC2)CC1. The van der Waals surface area contributed by atoms with Crippen molar-refractivity contribution in [3.05, 3.63) is 23.8 Å². The van der Waals surface area contributed by atoms with E-state index < -0.39 is 5.97 Å². The first kappa shape index (κ1) is 21.3. The zero-order valence-electron chi connectivity index (χ0n) is 17.1. The molecule has 0 unspecified atom stereocenters. The lowest BCUT2D eigenvalue weighted by Gasteiger charge is -2.38. The number of carbonyl (C=O) groups is 1. The molecule has 2 aliphatic carbocycles. The van der Waals surface area contributed by atoms with E-state index in [1.807, 2.05) is 18.2 Å². The molecule has 0 atom stereocenters. The predicted molar refractivity (Wildman–Crippen MR) is 110 cm³/mol. The maximum Gasteiger partial charge on any atom is 0.331 e. The molecule has 26 heavy (non-hydrogen) atoms. The van der Waals surface area contributed by atoms with Crippen LogP contribution in [0.5, 0.6) is 0 Å². The molecule has 0 radical (unpaired) electrons. The summed E-state index contributed by atoms with van der Waals surface area (Å²) < 4.78 is 0. The van der Waals surface area contributed by atoms with Gasteiger partial charge in [-0.3, -0.25) is 0 Å². The Morgan fingerprint density at radius 3 is 2.08 bits per heavy atom. The third kappa shape index (κ3) is 6.59. The number of aliphatic carboxylic acids is 1. The maximum atomic E-state index is 11.6. The summed E-state index contributed by atoms with van der Waals surface area (Å²) in [6.45, 7) is 4.37. The smallest absolute Gasteiger partial charge is 0.331 e. The molecule has 0 aromatic rings. The van der Waals surface area contributed by atoms with Crippen LogP contribution in [0.4, 0.5) is 0 Å². The van der Waals surface area contributed by atoms with Gasteiger partial charge in [-0.2, -0.15) is 0 Å². The number of carboxylic acids is 1. The second-order valence-electron chi connectivity index (χ2n) is 8.65. The van der Waals surface area contributed by atoms with Gasteiger partial charge in [0.25, 0.3) is 0 Å². The molecule has 2 heteroatoms. The summed E-state index contributed by atoms with van der Waals surface area (Å²) in [5.41, 5.74) is 0.632. The van der Waals surface area contributed by atoms with Crippen LogP contribution < -0.4 is 0 Å². The highest BCUT2D eigenvalue weighted by Gasteiger charge is 2.32. The van der Waals surface area contributed by atoms with Crippen LogP contribution in [-0.4, -0.2) is 11.1 Å². The van der Waals surface area contributed by atoms with E-state index >= 15 is 0 Å². The Hall–Kier alpha value is -1.05. The number of rotatable bonds is 9. The number of hydrogen-bond acceptors (Lipinski definition) is 1. The first-order chi connectivity index (χ1) is 12.7. The van der Waals surface area contributed by atoms with Gasteiger partial charge in [-0.25, -0.2) is 4.79 Å². The molecular formula is C24H40O2. The number of unbranched alkanes of at least 4 members (excludes halogenated alkanes) is 2. The summed E-state index contributed by atoms with van der Waals surface area (Å²) in [5, 5.41) is 9.56. The van der Waals surface area contributed by atoms with Gasteiger partial charge in [0.1, 0.15) is 0 Å². The highest BCUT2D eigenvalue weighted by atomic mass is 16.4. The summed E-state index contributed by atoms with van der Waals surface area (Å²) in [4.78, 5) is 11.6. The lowest BCUT2D eigenvalue weighted by atomic mass is 9.68. The number of hydrogen-bond donors (Lipinski definition) is 1. The van der Waals surface area contributed by atoms with Crippen molar-refractivity contribution < 1.29 is 9.90 Å². The van der Waals surface area contributed by atoms with Gasteiger partial charge in [0.15, 0.2) is 0 Å². The van der Waals surface area contributed by atoms with Crippen molar-refractivity contribution >= 4 is 5.97 Å². The van der Waals surface area contributed by atoms with Crippen LogP contribution in [0.3, 0.4) is 0 Å². The van der Waals surface area contributed by atoms with Crippen molar-refractivity contribution in [1.29, 1.82) is 0 Å². The van der Waals surface area contributed by atoms with Crippen LogP contribution in [0.25, 0.3) is 0 Å². The number of carboxylic acid groups (broad SMARTS) is 1. The molecule has 2 rings (SSSR count). The Morgan fingerprint density at radius 2 is 1.54 bits per heavy atom. The molecule has 2 saturated carbocycles. The minimum atomic E-state index is -0.721. The van der Waals surface area contributed by atoms with Crippen molar-refractivity contribution in [3.63, 3.8) is 0 Å². The summed E-state index contributed by atoms with van der Waals surface area (Å²) in [5.74, 6) is 2.29. The maximum absolute atomic E-state index is 11.6. The van der Waals surface area contributed by atoms with Crippen molar-refractivity contribution in [2.75, 3.05) is 0 Å². The summed E-state index contributed by atoms with van der Waals surface area (Å²) >= 11 is 0. The standard InChI is InChI=1S/C24H40O2/c1-3-5-7-9-19-11-13-20(14-12-19)21-15-17-22(18-16-21)23(24(25)26)10-8-6-4-2/h6,8,10,19-22H,3-5,7,9,11-18H2,1-2H3,(H,25,26)/t19-,20-,21-,22-. The van der Waals surface area contributed by atoms with Gasteiger partial charge in [0.2, 0.25) is 0 Å². The van der Waals surface area contributed by atoms with Gasteiger partial charge in [0, 0.05) is 5.57 Å². The van der Waals surface area contributed by atoms with E-state index in [1.54, 1.807) is 0 Å². The van der Waals surface area contributed by atoms with Gasteiger partial charge in [-0.15, -0.1) is 0 Å². The third-order valence-electron chi connectivity index (χ3n) is 6.88. The molecule has 1 N–H and O–H groups in total. The lowest BCUT2D eigenvalue weighted by molar-refractivity contribution is -0.133. The average molecular weight is 361 g/mol. The van der Waals surface area contributed by atoms with Gasteiger partial charge in [0.05, 0.1) is 0 Å². The molecule has 2 aliphatic rings. The van der Waals surface area contributed by atoms with Gasteiger partial charge in [-0.05, 0) is 68.6 Å². The fourth-order valence-electron chi connectivity index (χ4n) is 5.22. The molecule has 0 aromatic heterocycles. The van der Waals surface area contributed by atoms with Crippen LogP contribution in [-0.2, 0) is 4.79 Å². The lowest BCUT2D eigenvalue weighted by Crippen LogP contribution is -2.27. The summed E-state index contributed by atoms with van der Waals surface area (Å²) in [7, 11) is 0. The van der Waals surface area contributed by atoms with Crippen LogP contribution in [0.15, 0.2) is 23.8 Å². The Bertz CT molecular complexity index is 461. The molecule has 2 fully saturated rings. The Morgan fingerprint density at radius 1 is 0.923 bits per heavy atom. The second kappa shape index (κ2) is 11.6. The zero-order valence-corrected chi connectivity index (χ0v) is 17.1. The van der Waals surface area contributed by atoms with Crippen molar-refractivity contribution in [2.24, 2.45) is 23.7 Å². The predicted octanol–water partition coefficient (Wildman–Crippen LogP) is 7.16. The van der Waals surface area contributed by atoms with Crippen molar-refractivity contribution in [3.8, 4) is 0 Å². The molecular weight excluding hydrogens is 320 g/mol. The van der Waals surface area contributed by atoms with Gasteiger partial charge in [-0.1, -0.05) is 70.6 Å². The monoisotopic (exact) mass is 360 g/mol. The highest BCUT2D eigenvalue weighted by molar-refractivity contribution is 5.87. The van der Waals surface area contributed by atoms with E-state index in [2.05, 4.69) is 13.8 Å². The molecule has 0 spiro atoms. The highest BCUT2D eigenvalue weighted by Crippen LogP contribution is 2.43. The van der Waals surface area contributed by atoms with Gasteiger partial charge >= 0.3 is 5.97 Å². The largest absolute Gasteiger partial charge is 0.478 e. The van der Waals surface area contributed by atoms with E-state index in [1.165, 1.54) is 64.2 Å². The second-order valence-corrected chi connectivity index (χ2v) is 8.65. The summed E-state index contributed by atoms with van der Waals surface area (Å²) in [6.07, 6.45) is 22.7. The fourth-order valence-corrected chi connectivity index (χ4v) is 5.22. The van der Waals surface area contributed by atoms with Crippen molar-refractivity contribution in [1.82, 2.24) is 0 Å². The first-order valence-electron chi connectivity index (χ1n) is 11.3. The van der Waals surface area contributed by atoms with E-state index in [-0.39, 0.29) is 5.92 Å². The Labute approximate surface area is 161 Å².